The van der Waals surface area contributed by atoms with Gasteiger partial charge < -0.3 is 9.64 Å². The van der Waals surface area contributed by atoms with Gasteiger partial charge in [0.2, 0.25) is 5.91 Å². The van der Waals surface area contributed by atoms with E-state index >= 15 is 0 Å². The SMILES string of the molecule is O=C([C@@H]1CCOC1)N1CCN(C2CCC2)CC1. The van der Waals surface area contributed by atoms with E-state index < -0.39 is 0 Å². The van der Waals surface area contributed by atoms with Crippen molar-refractivity contribution in [3.05, 3.63) is 0 Å². The molecule has 1 amide bonds. The number of amides is 1. The zero-order chi connectivity index (χ0) is 11.7. The van der Waals surface area contributed by atoms with Crippen molar-refractivity contribution < 1.29 is 9.53 Å². The molecule has 17 heavy (non-hydrogen) atoms. The molecule has 4 nitrogen and oxygen atoms in total. The fourth-order valence-electron chi connectivity index (χ4n) is 3.05. The van der Waals surface area contributed by atoms with Crippen LogP contribution in [0, 0.1) is 5.92 Å². The molecule has 4 heteroatoms. The molecule has 0 unspecified atom stereocenters. The Labute approximate surface area is 103 Å². The van der Waals surface area contributed by atoms with Crippen molar-refractivity contribution in [2.45, 2.75) is 31.7 Å². The standard InChI is InChI=1S/C13H22N2O2/c16-13(11-4-9-17-10-11)15-7-5-14(6-8-15)12-2-1-3-12/h11-12H,1-10H2/t11-/m1/s1. The first-order chi connectivity index (χ1) is 8.34. The number of rotatable bonds is 2. The van der Waals surface area contributed by atoms with Crippen LogP contribution in [-0.2, 0) is 9.53 Å². The van der Waals surface area contributed by atoms with Crippen molar-refractivity contribution in [2.24, 2.45) is 5.92 Å². The maximum absolute atomic E-state index is 12.2. The highest BCUT2D eigenvalue weighted by Gasteiger charge is 2.32. The minimum atomic E-state index is 0.144. The molecule has 0 aromatic rings. The zero-order valence-electron chi connectivity index (χ0n) is 10.4. The predicted octanol–water partition coefficient (Wildman–Crippen LogP) is 0.720. The van der Waals surface area contributed by atoms with Crippen LogP contribution in [0.4, 0.5) is 0 Å². The van der Waals surface area contributed by atoms with E-state index in [4.69, 9.17) is 4.74 Å². The van der Waals surface area contributed by atoms with Crippen LogP contribution in [0.5, 0.6) is 0 Å². The van der Waals surface area contributed by atoms with Crippen LogP contribution >= 0.6 is 0 Å². The quantitative estimate of drug-likeness (QED) is 0.710. The highest BCUT2D eigenvalue weighted by molar-refractivity contribution is 5.79. The highest BCUT2D eigenvalue weighted by atomic mass is 16.5. The Morgan fingerprint density at radius 1 is 1.06 bits per heavy atom. The number of piperazine rings is 1. The lowest BCUT2D eigenvalue weighted by Gasteiger charge is -2.43. The van der Waals surface area contributed by atoms with Crippen molar-refractivity contribution in [3.8, 4) is 0 Å². The highest BCUT2D eigenvalue weighted by Crippen LogP contribution is 2.26. The summed E-state index contributed by atoms with van der Waals surface area (Å²) in [6.45, 7) is 5.39. The van der Waals surface area contributed by atoms with E-state index in [2.05, 4.69) is 9.80 Å². The average molecular weight is 238 g/mol. The molecule has 2 aliphatic heterocycles. The monoisotopic (exact) mass is 238 g/mol. The van der Waals surface area contributed by atoms with Crippen molar-refractivity contribution in [3.63, 3.8) is 0 Å². The van der Waals surface area contributed by atoms with Gasteiger partial charge in [0, 0.05) is 38.8 Å². The number of ether oxygens (including phenoxy) is 1. The van der Waals surface area contributed by atoms with Gasteiger partial charge in [0.1, 0.15) is 0 Å². The second kappa shape index (κ2) is 4.94. The minimum Gasteiger partial charge on any atom is -0.381 e. The molecular formula is C13H22N2O2. The van der Waals surface area contributed by atoms with E-state index in [0.717, 1.165) is 45.2 Å². The van der Waals surface area contributed by atoms with Gasteiger partial charge in [0.05, 0.1) is 12.5 Å². The summed E-state index contributed by atoms with van der Waals surface area (Å²) < 4.78 is 5.30. The van der Waals surface area contributed by atoms with Crippen LogP contribution in [0.25, 0.3) is 0 Å². The normalized spacial score (nSPS) is 31.5. The topological polar surface area (TPSA) is 32.8 Å². The third kappa shape index (κ3) is 2.33. The molecule has 2 saturated heterocycles. The second-order valence-electron chi connectivity index (χ2n) is 5.51. The van der Waals surface area contributed by atoms with Crippen LogP contribution in [0.1, 0.15) is 25.7 Å². The Balaban J connectivity index is 1.48. The van der Waals surface area contributed by atoms with Gasteiger partial charge in [-0.1, -0.05) is 6.42 Å². The fourth-order valence-corrected chi connectivity index (χ4v) is 3.05. The number of carbonyl (C=O) groups excluding carboxylic acids is 1. The van der Waals surface area contributed by atoms with E-state index in [1.807, 2.05) is 0 Å². The van der Waals surface area contributed by atoms with Gasteiger partial charge in [0.15, 0.2) is 0 Å². The van der Waals surface area contributed by atoms with E-state index in [9.17, 15) is 4.79 Å². The molecule has 3 rings (SSSR count). The largest absolute Gasteiger partial charge is 0.381 e. The van der Waals surface area contributed by atoms with Gasteiger partial charge in [-0.2, -0.15) is 0 Å². The molecule has 3 fully saturated rings. The van der Waals surface area contributed by atoms with Gasteiger partial charge in [-0.15, -0.1) is 0 Å². The molecule has 0 N–H and O–H groups in total. The van der Waals surface area contributed by atoms with Crippen LogP contribution in [0.3, 0.4) is 0 Å². The first-order valence-corrected chi connectivity index (χ1v) is 6.95. The van der Waals surface area contributed by atoms with E-state index in [0.29, 0.717) is 12.5 Å². The molecule has 0 aromatic carbocycles. The van der Waals surface area contributed by atoms with Crippen LogP contribution in [-0.4, -0.2) is 61.1 Å². The lowest BCUT2D eigenvalue weighted by molar-refractivity contribution is -0.137. The van der Waals surface area contributed by atoms with Gasteiger partial charge in [-0.05, 0) is 19.3 Å². The molecule has 1 atom stereocenters. The van der Waals surface area contributed by atoms with Gasteiger partial charge in [-0.25, -0.2) is 0 Å². The number of hydrogen-bond acceptors (Lipinski definition) is 3. The third-order valence-corrected chi connectivity index (χ3v) is 4.50. The molecule has 0 spiro atoms. The van der Waals surface area contributed by atoms with E-state index in [-0.39, 0.29) is 5.92 Å². The number of hydrogen-bond donors (Lipinski definition) is 0. The average Bonchev–Trinajstić information content (AvgIpc) is 2.80. The first-order valence-electron chi connectivity index (χ1n) is 6.95. The van der Waals surface area contributed by atoms with Crippen molar-refractivity contribution in [2.75, 3.05) is 39.4 Å². The first kappa shape index (κ1) is 11.5. The molecule has 0 bridgehead atoms. The summed E-state index contributed by atoms with van der Waals surface area (Å²) in [5.74, 6) is 0.473. The Morgan fingerprint density at radius 3 is 2.35 bits per heavy atom. The summed E-state index contributed by atoms with van der Waals surface area (Å²) in [5.41, 5.74) is 0. The van der Waals surface area contributed by atoms with Crippen molar-refractivity contribution in [1.82, 2.24) is 9.80 Å². The molecule has 0 aromatic heterocycles. The van der Waals surface area contributed by atoms with E-state index in [1.165, 1.54) is 19.3 Å². The van der Waals surface area contributed by atoms with Crippen LogP contribution in [0.15, 0.2) is 0 Å². The zero-order valence-corrected chi connectivity index (χ0v) is 10.4. The number of carbonyl (C=O) groups is 1. The Kier molecular flexibility index (Phi) is 3.34. The number of nitrogens with zero attached hydrogens (tertiary/aromatic N) is 2. The van der Waals surface area contributed by atoms with Crippen LogP contribution in [0.2, 0.25) is 0 Å². The van der Waals surface area contributed by atoms with Crippen molar-refractivity contribution in [1.29, 1.82) is 0 Å². The van der Waals surface area contributed by atoms with Crippen LogP contribution < -0.4 is 0 Å². The minimum absolute atomic E-state index is 0.144. The Morgan fingerprint density at radius 2 is 1.82 bits per heavy atom. The van der Waals surface area contributed by atoms with Gasteiger partial charge >= 0.3 is 0 Å². The molecule has 0 radical (unpaired) electrons. The summed E-state index contributed by atoms with van der Waals surface area (Å²) in [7, 11) is 0. The summed E-state index contributed by atoms with van der Waals surface area (Å²) in [6, 6.07) is 0.821. The molecular weight excluding hydrogens is 216 g/mol. The van der Waals surface area contributed by atoms with E-state index in [1.54, 1.807) is 0 Å². The molecule has 2 heterocycles. The smallest absolute Gasteiger partial charge is 0.228 e. The summed E-state index contributed by atoms with van der Waals surface area (Å²) in [6.07, 6.45) is 5.04. The molecule has 1 saturated carbocycles. The summed E-state index contributed by atoms with van der Waals surface area (Å²) in [5, 5.41) is 0. The maximum Gasteiger partial charge on any atom is 0.228 e. The molecule has 96 valence electrons. The van der Waals surface area contributed by atoms with Gasteiger partial charge in [0.25, 0.3) is 0 Å². The third-order valence-electron chi connectivity index (χ3n) is 4.50. The molecule has 3 aliphatic rings. The van der Waals surface area contributed by atoms with Crippen molar-refractivity contribution >= 4 is 5.91 Å². The fraction of sp³-hybridized carbons (Fsp3) is 0.923. The Hall–Kier alpha value is -0.610. The second-order valence-corrected chi connectivity index (χ2v) is 5.51. The lowest BCUT2D eigenvalue weighted by Crippen LogP contribution is -2.54. The Bertz CT molecular complexity index is 277. The summed E-state index contributed by atoms with van der Waals surface area (Å²) in [4.78, 5) is 16.8. The maximum atomic E-state index is 12.2. The predicted molar refractivity (Wildman–Crippen MR) is 64.7 cm³/mol. The summed E-state index contributed by atoms with van der Waals surface area (Å²) >= 11 is 0. The molecule has 1 aliphatic carbocycles. The lowest BCUT2D eigenvalue weighted by atomic mass is 9.91. The van der Waals surface area contributed by atoms with Gasteiger partial charge in [-0.3, -0.25) is 9.69 Å².